The van der Waals surface area contributed by atoms with Gasteiger partial charge >= 0.3 is 0 Å². The molecule has 0 N–H and O–H groups in total. The molecule has 1 aromatic rings. The highest BCUT2D eigenvalue weighted by molar-refractivity contribution is 5.55. The molecule has 16 heavy (non-hydrogen) atoms. The second kappa shape index (κ2) is 4.46. The lowest BCUT2D eigenvalue weighted by Gasteiger charge is -2.40. The molecule has 0 aliphatic carbocycles. The number of anilines is 1. The van der Waals surface area contributed by atoms with E-state index in [1.165, 1.54) is 11.3 Å². The Balaban J connectivity index is 2.39. The summed E-state index contributed by atoms with van der Waals surface area (Å²) in [6.07, 6.45) is 1.02. The molecule has 0 unspecified atom stereocenters. The molecule has 0 bridgehead atoms. The van der Waals surface area contributed by atoms with Crippen molar-refractivity contribution in [1.29, 1.82) is 0 Å². The van der Waals surface area contributed by atoms with Gasteiger partial charge in [0.15, 0.2) is 0 Å². The molecule has 88 valence electrons. The van der Waals surface area contributed by atoms with E-state index in [0.29, 0.717) is 0 Å². The normalized spacial score (nSPS) is 17.6. The van der Waals surface area contributed by atoms with E-state index in [2.05, 4.69) is 49.9 Å². The first-order valence-electron chi connectivity index (χ1n) is 6.02. The van der Waals surface area contributed by atoms with Gasteiger partial charge < -0.3 is 9.64 Å². The van der Waals surface area contributed by atoms with Crippen LogP contribution in [0, 0.1) is 0 Å². The maximum absolute atomic E-state index is 5.62. The topological polar surface area (TPSA) is 12.5 Å². The molecular weight excluding hydrogens is 198 g/mol. The third-order valence-corrected chi connectivity index (χ3v) is 3.07. The van der Waals surface area contributed by atoms with Crippen molar-refractivity contribution in [1.82, 2.24) is 0 Å². The van der Waals surface area contributed by atoms with Crippen molar-refractivity contribution < 1.29 is 4.74 Å². The summed E-state index contributed by atoms with van der Waals surface area (Å²) in [6, 6.07) is 8.68. The van der Waals surface area contributed by atoms with Gasteiger partial charge in [-0.25, -0.2) is 0 Å². The Bertz CT molecular complexity index is 354. The molecule has 0 atom stereocenters. The summed E-state index contributed by atoms with van der Waals surface area (Å²) < 4.78 is 5.62. The fourth-order valence-electron chi connectivity index (χ4n) is 2.24. The van der Waals surface area contributed by atoms with Crippen molar-refractivity contribution in [2.45, 2.75) is 32.7 Å². The predicted octanol–water partition coefficient (Wildman–Crippen LogP) is 2.86. The zero-order valence-electron chi connectivity index (χ0n) is 10.5. The summed E-state index contributed by atoms with van der Waals surface area (Å²) >= 11 is 0. The number of benzene rings is 1. The van der Waals surface area contributed by atoms with Crippen LogP contribution in [-0.4, -0.2) is 25.3 Å². The van der Waals surface area contributed by atoms with E-state index < -0.39 is 0 Å². The van der Waals surface area contributed by atoms with Gasteiger partial charge in [-0.2, -0.15) is 0 Å². The van der Waals surface area contributed by atoms with Gasteiger partial charge in [0.2, 0.25) is 0 Å². The minimum absolute atomic E-state index is 0.150. The van der Waals surface area contributed by atoms with Crippen molar-refractivity contribution in [2.24, 2.45) is 0 Å². The summed E-state index contributed by atoms with van der Waals surface area (Å²) in [5, 5.41) is 0. The van der Waals surface area contributed by atoms with Gasteiger partial charge in [-0.15, -0.1) is 0 Å². The summed E-state index contributed by atoms with van der Waals surface area (Å²) in [5.74, 6) is 0. The number of rotatable bonds is 0. The first-order chi connectivity index (χ1) is 7.59. The molecule has 1 aromatic carbocycles. The van der Waals surface area contributed by atoms with Crippen molar-refractivity contribution >= 4 is 5.69 Å². The Morgan fingerprint density at radius 3 is 2.62 bits per heavy atom. The minimum Gasteiger partial charge on any atom is -0.379 e. The van der Waals surface area contributed by atoms with Gasteiger partial charge in [-0.1, -0.05) is 18.2 Å². The summed E-state index contributed by atoms with van der Waals surface area (Å²) in [7, 11) is 0. The van der Waals surface area contributed by atoms with Crippen molar-refractivity contribution in [3.8, 4) is 0 Å². The fourth-order valence-corrected chi connectivity index (χ4v) is 2.24. The lowest BCUT2D eigenvalue weighted by atomic mass is 10.0. The highest BCUT2D eigenvalue weighted by Crippen LogP contribution is 2.28. The molecule has 1 aliphatic heterocycles. The van der Waals surface area contributed by atoms with Gasteiger partial charge in [-0.3, -0.25) is 0 Å². The molecule has 2 heteroatoms. The van der Waals surface area contributed by atoms with Crippen LogP contribution in [-0.2, 0) is 11.2 Å². The average molecular weight is 219 g/mol. The van der Waals surface area contributed by atoms with Gasteiger partial charge in [0.05, 0.1) is 13.2 Å². The van der Waals surface area contributed by atoms with Crippen LogP contribution in [0.1, 0.15) is 26.3 Å². The van der Waals surface area contributed by atoms with Crippen LogP contribution in [0.2, 0.25) is 0 Å². The summed E-state index contributed by atoms with van der Waals surface area (Å²) in [4.78, 5) is 2.45. The van der Waals surface area contributed by atoms with E-state index in [0.717, 1.165) is 26.2 Å². The van der Waals surface area contributed by atoms with E-state index in [-0.39, 0.29) is 5.54 Å². The molecule has 1 aliphatic rings. The number of hydrogen-bond acceptors (Lipinski definition) is 2. The van der Waals surface area contributed by atoms with Crippen LogP contribution in [0.4, 0.5) is 5.69 Å². The van der Waals surface area contributed by atoms with Gasteiger partial charge in [0.25, 0.3) is 0 Å². The van der Waals surface area contributed by atoms with Crippen molar-refractivity contribution in [3.63, 3.8) is 0 Å². The molecule has 0 amide bonds. The van der Waals surface area contributed by atoms with Gasteiger partial charge in [-0.05, 0) is 38.8 Å². The Morgan fingerprint density at radius 1 is 1.12 bits per heavy atom. The van der Waals surface area contributed by atoms with Crippen molar-refractivity contribution in [3.05, 3.63) is 29.8 Å². The van der Waals surface area contributed by atoms with E-state index in [4.69, 9.17) is 4.74 Å². The lowest BCUT2D eigenvalue weighted by molar-refractivity contribution is 0.137. The van der Waals surface area contributed by atoms with E-state index >= 15 is 0 Å². The molecule has 0 aromatic heterocycles. The van der Waals surface area contributed by atoms with E-state index in [1.807, 2.05) is 0 Å². The molecule has 0 saturated heterocycles. The number of ether oxygens (including phenoxy) is 1. The quantitative estimate of drug-likeness (QED) is 0.665. The average Bonchev–Trinajstić information content (AvgIpc) is 2.17. The lowest BCUT2D eigenvalue weighted by Crippen LogP contribution is -2.44. The van der Waals surface area contributed by atoms with E-state index in [1.54, 1.807) is 0 Å². The standard InChI is InChI=1S/C14H21NO/c1-14(2,3)15-9-11-16-10-8-12-6-4-5-7-13(12)15/h4-7H,8-11H2,1-3H3. The first-order valence-corrected chi connectivity index (χ1v) is 6.02. The first kappa shape index (κ1) is 11.5. The number of hydrogen-bond donors (Lipinski definition) is 0. The SMILES string of the molecule is CC(C)(C)N1CCOCCc2ccccc21. The molecule has 1 heterocycles. The Hall–Kier alpha value is -1.02. The van der Waals surface area contributed by atoms with Crippen LogP contribution in [0.25, 0.3) is 0 Å². The molecule has 2 rings (SSSR count). The Labute approximate surface area is 98.2 Å². The molecule has 0 saturated carbocycles. The zero-order chi connectivity index (χ0) is 11.6. The molecule has 0 fully saturated rings. The Kier molecular flexibility index (Phi) is 3.20. The monoisotopic (exact) mass is 219 g/mol. The van der Waals surface area contributed by atoms with Crippen molar-refractivity contribution in [2.75, 3.05) is 24.7 Å². The van der Waals surface area contributed by atoms with Crippen LogP contribution >= 0.6 is 0 Å². The third-order valence-electron chi connectivity index (χ3n) is 3.07. The maximum Gasteiger partial charge on any atom is 0.0641 e. The molecular formula is C14H21NO. The fraction of sp³-hybridized carbons (Fsp3) is 0.571. The molecule has 0 radical (unpaired) electrons. The van der Waals surface area contributed by atoms with Gasteiger partial charge in [0, 0.05) is 17.8 Å². The van der Waals surface area contributed by atoms with E-state index in [9.17, 15) is 0 Å². The van der Waals surface area contributed by atoms with Crippen LogP contribution in [0.15, 0.2) is 24.3 Å². The number of nitrogens with zero attached hydrogens (tertiary/aromatic N) is 1. The molecule has 2 nitrogen and oxygen atoms in total. The predicted molar refractivity (Wildman–Crippen MR) is 68.1 cm³/mol. The highest BCUT2D eigenvalue weighted by atomic mass is 16.5. The molecule has 0 spiro atoms. The van der Waals surface area contributed by atoms with Crippen LogP contribution in [0.5, 0.6) is 0 Å². The third kappa shape index (κ3) is 2.38. The maximum atomic E-state index is 5.62. The number of fused-ring (bicyclic) bond motifs is 1. The van der Waals surface area contributed by atoms with Gasteiger partial charge in [0.1, 0.15) is 0 Å². The number of para-hydroxylation sites is 1. The second-order valence-electron chi connectivity index (χ2n) is 5.31. The van der Waals surface area contributed by atoms with Crippen LogP contribution < -0.4 is 4.90 Å². The largest absolute Gasteiger partial charge is 0.379 e. The second-order valence-corrected chi connectivity index (χ2v) is 5.31. The summed E-state index contributed by atoms with van der Waals surface area (Å²) in [6.45, 7) is 9.41. The summed E-state index contributed by atoms with van der Waals surface area (Å²) in [5.41, 5.74) is 2.92. The Morgan fingerprint density at radius 2 is 1.88 bits per heavy atom. The smallest absolute Gasteiger partial charge is 0.0641 e. The minimum atomic E-state index is 0.150. The zero-order valence-corrected chi connectivity index (χ0v) is 10.5. The highest BCUT2D eigenvalue weighted by Gasteiger charge is 2.24. The van der Waals surface area contributed by atoms with Crippen LogP contribution in [0.3, 0.4) is 0 Å².